The number of pyridine rings is 1. The molecule has 0 aliphatic carbocycles. The minimum Gasteiger partial charge on any atom is -0.487 e. The van der Waals surface area contributed by atoms with E-state index in [-0.39, 0.29) is 0 Å². The molecule has 0 saturated carbocycles. The smallest absolute Gasteiger partial charge is 0.130 e. The predicted molar refractivity (Wildman–Crippen MR) is 64.5 cm³/mol. The molecule has 2 heteroatoms. The molecule has 2 nitrogen and oxygen atoms in total. The van der Waals surface area contributed by atoms with Crippen molar-refractivity contribution in [1.82, 2.24) is 4.98 Å². The maximum Gasteiger partial charge on any atom is 0.130 e. The van der Waals surface area contributed by atoms with Crippen molar-refractivity contribution in [3.63, 3.8) is 0 Å². The zero-order valence-electron chi connectivity index (χ0n) is 9.60. The Hall–Kier alpha value is -1.83. The van der Waals surface area contributed by atoms with Gasteiger partial charge in [0.05, 0.1) is 5.69 Å². The van der Waals surface area contributed by atoms with E-state index in [2.05, 4.69) is 18.0 Å². The van der Waals surface area contributed by atoms with E-state index in [1.165, 1.54) is 5.56 Å². The summed E-state index contributed by atoms with van der Waals surface area (Å²) in [5, 5.41) is 0. The number of hydrogen-bond acceptors (Lipinski definition) is 2. The fraction of sp³-hybridized carbons (Fsp3) is 0.214. The molecule has 82 valence electrons. The number of ether oxygens (including phenoxy) is 1. The van der Waals surface area contributed by atoms with Gasteiger partial charge in [-0.25, -0.2) is 0 Å². The van der Waals surface area contributed by atoms with E-state index in [4.69, 9.17) is 4.74 Å². The minimum absolute atomic E-state index is 0.519. The Morgan fingerprint density at radius 1 is 1.00 bits per heavy atom. The highest BCUT2D eigenvalue weighted by Crippen LogP contribution is 2.11. The lowest BCUT2D eigenvalue weighted by atomic mass is 10.2. The first-order chi connectivity index (χ1) is 7.75. The predicted octanol–water partition coefficient (Wildman–Crippen LogP) is 3.28. The lowest BCUT2D eigenvalue weighted by Gasteiger charge is -2.07. The highest BCUT2D eigenvalue weighted by molar-refractivity contribution is 5.23. The van der Waals surface area contributed by atoms with Gasteiger partial charge in [0.25, 0.3) is 0 Å². The third-order valence-corrected chi connectivity index (χ3v) is 2.54. The van der Waals surface area contributed by atoms with Crippen LogP contribution in [0.25, 0.3) is 0 Å². The number of hydrogen-bond donors (Lipinski definition) is 0. The molecular formula is C14H15NO. The number of benzene rings is 1. The van der Waals surface area contributed by atoms with Crippen molar-refractivity contribution in [1.29, 1.82) is 0 Å². The lowest BCUT2D eigenvalue weighted by molar-refractivity contribution is 0.301. The summed E-state index contributed by atoms with van der Waals surface area (Å²) in [5.74, 6) is 0.877. The van der Waals surface area contributed by atoms with Gasteiger partial charge in [-0.15, -0.1) is 0 Å². The van der Waals surface area contributed by atoms with Crippen LogP contribution in [0.5, 0.6) is 5.75 Å². The van der Waals surface area contributed by atoms with E-state index < -0.39 is 0 Å². The van der Waals surface area contributed by atoms with Crippen molar-refractivity contribution < 1.29 is 4.74 Å². The molecule has 0 saturated heterocycles. The van der Waals surface area contributed by atoms with Crippen LogP contribution in [0.4, 0.5) is 0 Å². The Kier molecular flexibility index (Phi) is 3.20. The minimum atomic E-state index is 0.519. The van der Waals surface area contributed by atoms with Crippen LogP contribution in [0.15, 0.2) is 42.5 Å². The maximum atomic E-state index is 5.62. The Labute approximate surface area is 95.9 Å². The van der Waals surface area contributed by atoms with Crippen molar-refractivity contribution in [3.05, 3.63) is 59.4 Å². The Morgan fingerprint density at radius 2 is 1.75 bits per heavy atom. The molecule has 0 unspecified atom stereocenters. The number of aryl methyl sites for hydroxylation is 2. The third-order valence-electron chi connectivity index (χ3n) is 2.54. The van der Waals surface area contributed by atoms with Crippen molar-refractivity contribution >= 4 is 0 Å². The van der Waals surface area contributed by atoms with Crippen LogP contribution in [0.1, 0.15) is 17.0 Å². The molecule has 0 amide bonds. The van der Waals surface area contributed by atoms with Crippen LogP contribution in [0, 0.1) is 13.8 Å². The zero-order chi connectivity index (χ0) is 11.4. The monoisotopic (exact) mass is 213 g/mol. The topological polar surface area (TPSA) is 22.1 Å². The lowest BCUT2D eigenvalue weighted by Crippen LogP contribution is -2.00. The Bertz CT molecular complexity index is 465. The van der Waals surface area contributed by atoms with E-state index in [9.17, 15) is 0 Å². The molecule has 0 radical (unpaired) electrons. The van der Waals surface area contributed by atoms with Crippen molar-refractivity contribution in [2.75, 3.05) is 0 Å². The van der Waals surface area contributed by atoms with E-state index in [0.717, 1.165) is 17.1 Å². The van der Waals surface area contributed by atoms with Gasteiger partial charge in [-0.1, -0.05) is 24.3 Å². The van der Waals surface area contributed by atoms with Crippen molar-refractivity contribution in [2.24, 2.45) is 0 Å². The highest BCUT2D eigenvalue weighted by Gasteiger charge is 1.99. The summed E-state index contributed by atoms with van der Waals surface area (Å²) in [6.45, 7) is 4.59. The number of aromatic nitrogens is 1. The van der Waals surface area contributed by atoms with Crippen molar-refractivity contribution in [2.45, 2.75) is 20.5 Å². The Balaban J connectivity index is 2.03. The van der Waals surface area contributed by atoms with Gasteiger partial charge in [0, 0.05) is 5.69 Å². The molecule has 1 aromatic heterocycles. The van der Waals surface area contributed by atoms with E-state index in [0.29, 0.717) is 6.61 Å². The standard InChI is InChI=1S/C14H15NO/c1-11-8-9-13(15-12(11)2)10-16-14-6-4-3-5-7-14/h3-9H,10H2,1-2H3. The first-order valence-corrected chi connectivity index (χ1v) is 5.36. The molecule has 1 heterocycles. The van der Waals surface area contributed by atoms with Crippen LogP contribution in [0.2, 0.25) is 0 Å². The van der Waals surface area contributed by atoms with Gasteiger partial charge in [0.1, 0.15) is 12.4 Å². The molecule has 0 spiro atoms. The largest absolute Gasteiger partial charge is 0.487 e. The molecule has 2 aromatic rings. The maximum absolute atomic E-state index is 5.62. The number of nitrogens with zero attached hydrogens (tertiary/aromatic N) is 1. The average molecular weight is 213 g/mol. The van der Waals surface area contributed by atoms with Gasteiger partial charge in [-0.05, 0) is 37.6 Å². The second-order valence-electron chi connectivity index (χ2n) is 3.81. The van der Waals surface area contributed by atoms with Crippen LogP contribution < -0.4 is 4.74 Å². The van der Waals surface area contributed by atoms with Gasteiger partial charge in [0.15, 0.2) is 0 Å². The first-order valence-electron chi connectivity index (χ1n) is 5.36. The summed E-state index contributed by atoms with van der Waals surface area (Å²) < 4.78 is 5.62. The van der Waals surface area contributed by atoms with E-state index in [1.807, 2.05) is 43.3 Å². The quantitative estimate of drug-likeness (QED) is 0.780. The highest BCUT2D eigenvalue weighted by atomic mass is 16.5. The zero-order valence-corrected chi connectivity index (χ0v) is 9.60. The summed E-state index contributed by atoms with van der Waals surface area (Å²) >= 11 is 0. The fourth-order valence-corrected chi connectivity index (χ4v) is 1.44. The SMILES string of the molecule is Cc1ccc(COc2ccccc2)nc1C. The normalized spacial score (nSPS) is 10.1. The van der Waals surface area contributed by atoms with E-state index >= 15 is 0 Å². The average Bonchev–Trinajstić information content (AvgIpc) is 2.32. The van der Waals surface area contributed by atoms with Crippen molar-refractivity contribution in [3.8, 4) is 5.75 Å². The Morgan fingerprint density at radius 3 is 2.44 bits per heavy atom. The molecule has 1 aromatic carbocycles. The summed E-state index contributed by atoms with van der Waals surface area (Å²) in [7, 11) is 0. The number of rotatable bonds is 3. The van der Waals surface area contributed by atoms with Gasteiger partial charge < -0.3 is 4.74 Å². The third kappa shape index (κ3) is 2.60. The molecule has 0 aliphatic rings. The summed E-state index contributed by atoms with van der Waals surface area (Å²) in [4.78, 5) is 4.46. The molecule has 16 heavy (non-hydrogen) atoms. The first kappa shape index (κ1) is 10.7. The van der Waals surface area contributed by atoms with Gasteiger partial charge in [0.2, 0.25) is 0 Å². The molecule has 0 N–H and O–H groups in total. The molecular weight excluding hydrogens is 198 g/mol. The van der Waals surface area contributed by atoms with Crippen LogP contribution >= 0.6 is 0 Å². The summed E-state index contributed by atoms with van der Waals surface area (Å²) in [6.07, 6.45) is 0. The van der Waals surface area contributed by atoms with Gasteiger partial charge >= 0.3 is 0 Å². The summed E-state index contributed by atoms with van der Waals surface area (Å²) in [6, 6.07) is 13.9. The number of para-hydroxylation sites is 1. The molecule has 0 aliphatic heterocycles. The molecule has 0 bridgehead atoms. The fourth-order valence-electron chi connectivity index (χ4n) is 1.44. The summed E-state index contributed by atoms with van der Waals surface area (Å²) in [5.41, 5.74) is 3.24. The molecule has 2 rings (SSSR count). The van der Waals surface area contributed by atoms with Crippen LogP contribution in [0.3, 0.4) is 0 Å². The van der Waals surface area contributed by atoms with Crippen LogP contribution in [-0.2, 0) is 6.61 Å². The van der Waals surface area contributed by atoms with E-state index in [1.54, 1.807) is 0 Å². The second-order valence-corrected chi connectivity index (χ2v) is 3.81. The molecule has 0 fully saturated rings. The van der Waals surface area contributed by atoms with Crippen LogP contribution in [-0.4, -0.2) is 4.98 Å². The second kappa shape index (κ2) is 4.79. The molecule has 0 atom stereocenters. The van der Waals surface area contributed by atoms with Gasteiger partial charge in [-0.2, -0.15) is 0 Å². The van der Waals surface area contributed by atoms with Gasteiger partial charge in [-0.3, -0.25) is 4.98 Å².